The summed E-state index contributed by atoms with van der Waals surface area (Å²) in [7, 11) is 2.79. The lowest BCUT2D eigenvalue weighted by molar-refractivity contribution is -0.357. The van der Waals surface area contributed by atoms with Crippen LogP contribution in [0.15, 0.2) is 42.5 Å². The lowest BCUT2D eigenvalue weighted by Crippen LogP contribution is -2.65. The van der Waals surface area contributed by atoms with Gasteiger partial charge in [-0.05, 0) is 54.8 Å². The molecule has 2 aromatic rings. The molecular weight excluding hydrogens is 612 g/mol. The molecule has 0 aromatic heterocycles. The molecule has 7 N–H and O–H groups in total. The molecule has 0 bridgehead atoms. The van der Waals surface area contributed by atoms with Crippen molar-refractivity contribution in [1.82, 2.24) is 0 Å². The Bertz CT molecular complexity index is 1340. The highest BCUT2D eigenvalue weighted by Crippen LogP contribution is 2.32. The summed E-state index contributed by atoms with van der Waals surface area (Å²) in [6.07, 6.45) is -12.1. The van der Waals surface area contributed by atoms with Gasteiger partial charge in [-0.15, -0.1) is 0 Å². The van der Waals surface area contributed by atoms with Crippen molar-refractivity contribution in [2.24, 2.45) is 0 Å². The summed E-state index contributed by atoms with van der Waals surface area (Å²) >= 11 is 0. The quantitative estimate of drug-likeness (QED) is 0.114. The van der Waals surface area contributed by atoms with E-state index in [9.17, 15) is 40.5 Å². The monoisotopic (exact) mass is 652 g/mol. The van der Waals surface area contributed by atoms with E-state index in [1.165, 1.54) is 51.5 Å². The van der Waals surface area contributed by atoms with Crippen molar-refractivity contribution in [3.63, 3.8) is 0 Å². The number of carbonyl (C=O) groups is 1. The van der Waals surface area contributed by atoms with Gasteiger partial charge in [0.1, 0.15) is 36.6 Å². The summed E-state index contributed by atoms with van der Waals surface area (Å²) in [6.45, 7) is 0.712. The van der Waals surface area contributed by atoms with Crippen LogP contribution in [-0.2, 0) is 34.9 Å². The van der Waals surface area contributed by atoms with E-state index >= 15 is 0 Å². The van der Waals surface area contributed by atoms with E-state index in [0.29, 0.717) is 16.9 Å². The molecule has 0 amide bonds. The normalized spacial score (nSPS) is 31.5. The predicted octanol–water partition coefficient (Wildman–Crippen LogP) is -0.410. The predicted molar refractivity (Wildman–Crippen MR) is 157 cm³/mol. The molecule has 2 heterocycles. The number of esters is 1. The maximum absolute atomic E-state index is 12.9. The maximum Gasteiger partial charge on any atom is 0.331 e. The minimum Gasteiger partial charge on any atom is -0.504 e. The number of phenolic OH excluding ortho intramolecular Hbond substituents is 2. The Kier molecular flexibility index (Phi) is 12.2. The van der Waals surface area contributed by atoms with Gasteiger partial charge in [0, 0.05) is 6.08 Å². The molecule has 0 spiro atoms. The van der Waals surface area contributed by atoms with Crippen LogP contribution in [0.25, 0.3) is 6.08 Å². The average Bonchev–Trinajstić information content (AvgIpc) is 3.04. The standard InChI is InChI=1S/C31H40O15/c1-15-24(36)25(37)26(38)31(43-15)46-29-27(39)30(42-11-10-17-5-8-20(40-2)19(34)12-17)44-22(14-32)28(29)45-23(35)9-6-16-4-7-18(33)21(13-16)41-3/h4-9,12-13,15,22,24-34,36-39H,10-11,14H2,1-3H3/t15-,22+,24+,25-,26-,27-,28+,29+,30-,31+/m1/s1. The van der Waals surface area contributed by atoms with Crippen LogP contribution in [-0.4, -0.2) is 131 Å². The molecule has 46 heavy (non-hydrogen) atoms. The van der Waals surface area contributed by atoms with Gasteiger partial charge < -0.3 is 68.9 Å². The van der Waals surface area contributed by atoms with Crippen molar-refractivity contribution >= 4 is 12.0 Å². The number of aliphatic hydroxyl groups is 5. The molecule has 2 aromatic carbocycles. The zero-order chi connectivity index (χ0) is 33.5. The molecule has 15 heteroatoms. The van der Waals surface area contributed by atoms with Crippen LogP contribution in [0.4, 0.5) is 0 Å². The number of methoxy groups -OCH3 is 2. The van der Waals surface area contributed by atoms with Gasteiger partial charge in [-0.2, -0.15) is 0 Å². The van der Waals surface area contributed by atoms with Crippen LogP contribution in [0.5, 0.6) is 23.0 Å². The SMILES string of the molecule is COc1ccc(CCO[C@@H]2O[C@@H](CO)[C@H](OC(=O)C=Cc3ccc(O)c(OC)c3)[C@@H](O[C@@H]3O[C@H](C)[C@H](O)[C@@H](O)[C@H]3O)[C@H]2O)cc1O. The summed E-state index contributed by atoms with van der Waals surface area (Å²) in [6, 6.07) is 9.16. The number of phenols is 2. The van der Waals surface area contributed by atoms with Crippen LogP contribution in [0.3, 0.4) is 0 Å². The fourth-order valence-corrected chi connectivity index (χ4v) is 5.08. The van der Waals surface area contributed by atoms with E-state index in [2.05, 4.69) is 0 Å². The highest BCUT2D eigenvalue weighted by molar-refractivity contribution is 5.87. The van der Waals surface area contributed by atoms with Crippen molar-refractivity contribution in [3.05, 3.63) is 53.6 Å². The van der Waals surface area contributed by atoms with Gasteiger partial charge in [-0.3, -0.25) is 0 Å². The van der Waals surface area contributed by atoms with Gasteiger partial charge in [-0.25, -0.2) is 4.79 Å². The van der Waals surface area contributed by atoms with E-state index in [1.54, 1.807) is 12.1 Å². The third kappa shape index (κ3) is 8.25. The molecule has 0 aliphatic carbocycles. The summed E-state index contributed by atoms with van der Waals surface area (Å²) < 4.78 is 38.6. The number of aliphatic hydroxyl groups excluding tert-OH is 5. The first kappa shape index (κ1) is 35.3. The summed E-state index contributed by atoms with van der Waals surface area (Å²) in [5.74, 6) is -0.625. The molecule has 254 valence electrons. The van der Waals surface area contributed by atoms with E-state index in [1.807, 2.05) is 0 Å². The zero-order valence-electron chi connectivity index (χ0n) is 25.4. The van der Waals surface area contributed by atoms with Gasteiger partial charge in [-0.1, -0.05) is 12.1 Å². The van der Waals surface area contributed by atoms with Crippen LogP contribution in [0, 0.1) is 0 Å². The Morgan fingerprint density at radius 2 is 1.59 bits per heavy atom. The Morgan fingerprint density at radius 1 is 0.848 bits per heavy atom. The zero-order valence-corrected chi connectivity index (χ0v) is 25.4. The Balaban J connectivity index is 1.52. The van der Waals surface area contributed by atoms with Crippen molar-refractivity contribution in [1.29, 1.82) is 0 Å². The number of carbonyl (C=O) groups excluding carboxylic acids is 1. The van der Waals surface area contributed by atoms with Gasteiger partial charge in [0.15, 0.2) is 41.7 Å². The largest absolute Gasteiger partial charge is 0.504 e. The van der Waals surface area contributed by atoms with Crippen molar-refractivity contribution in [2.75, 3.05) is 27.4 Å². The molecule has 0 radical (unpaired) electrons. The number of aromatic hydroxyl groups is 2. The Labute approximate surface area is 264 Å². The number of hydrogen-bond acceptors (Lipinski definition) is 15. The number of hydrogen-bond donors (Lipinski definition) is 7. The summed E-state index contributed by atoms with van der Waals surface area (Å²) in [5, 5.41) is 72.3. The third-order valence-corrected chi connectivity index (χ3v) is 7.68. The maximum atomic E-state index is 12.9. The van der Waals surface area contributed by atoms with Crippen molar-refractivity contribution < 1.29 is 73.7 Å². The average molecular weight is 653 g/mol. The van der Waals surface area contributed by atoms with Crippen LogP contribution < -0.4 is 9.47 Å². The van der Waals surface area contributed by atoms with Crippen LogP contribution in [0.1, 0.15) is 18.1 Å². The van der Waals surface area contributed by atoms with Gasteiger partial charge in [0.2, 0.25) is 0 Å². The number of ether oxygens (including phenoxy) is 7. The fourth-order valence-electron chi connectivity index (χ4n) is 5.08. The van der Waals surface area contributed by atoms with E-state index < -0.39 is 74.0 Å². The summed E-state index contributed by atoms with van der Waals surface area (Å²) in [4.78, 5) is 12.9. The molecule has 2 aliphatic heterocycles. The molecule has 2 saturated heterocycles. The molecule has 2 aliphatic rings. The van der Waals surface area contributed by atoms with Gasteiger partial charge in [0.25, 0.3) is 0 Å². The van der Waals surface area contributed by atoms with Crippen LogP contribution >= 0.6 is 0 Å². The lowest BCUT2D eigenvalue weighted by atomic mass is 9.97. The molecule has 0 unspecified atom stereocenters. The minimum atomic E-state index is -1.75. The Morgan fingerprint density at radius 3 is 2.26 bits per heavy atom. The molecule has 2 fully saturated rings. The molecule has 4 rings (SSSR count). The molecular formula is C31H40O15. The molecule has 15 nitrogen and oxygen atoms in total. The van der Waals surface area contributed by atoms with Crippen molar-refractivity contribution in [3.8, 4) is 23.0 Å². The highest BCUT2D eigenvalue weighted by Gasteiger charge is 2.52. The summed E-state index contributed by atoms with van der Waals surface area (Å²) in [5.41, 5.74) is 1.16. The topological polar surface area (TPSA) is 223 Å². The van der Waals surface area contributed by atoms with E-state index in [4.69, 9.17) is 33.2 Å². The molecule has 10 atom stereocenters. The Hall–Kier alpha value is -3.51. The van der Waals surface area contributed by atoms with E-state index in [0.717, 1.165) is 6.08 Å². The highest BCUT2D eigenvalue weighted by atomic mass is 16.7. The smallest absolute Gasteiger partial charge is 0.331 e. The van der Waals surface area contributed by atoms with Gasteiger partial charge in [0.05, 0.1) is 33.5 Å². The first-order valence-corrected chi connectivity index (χ1v) is 14.5. The fraction of sp³-hybridized carbons (Fsp3) is 0.516. The van der Waals surface area contributed by atoms with E-state index in [-0.39, 0.29) is 30.3 Å². The molecule has 0 saturated carbocycles. The third-order valence-electron chi connectivity index (χ3n) is 7.68. The van der Waals surface area contributed by atoms with Crippen molar-refractivity contribution in [2.45, 2.75) is 74.8 Å². The second kappa shape index (κ2) is 15.9. The number of rotatable bonds is 12. The van der Waals surface area contributed by atoms with Gasteiger partial charge >= 0.3 is 5.97 Å². The first-order chi connectivity index (χ1) is 22.0. The van der Waals surface area contributed by atoms with Crippen LogP contribution in [0.2, 0.25) is 0 Å². The second-order valence-electron chi connectivity index (χ2n) is 10.8. The second-order valence-corrected chi connectivity index (χ2v) is 10.8. The first-order valence-electron chi connectivity index (χ1n) is 14.5. The number of benzene rings is 2. The minimum absolute atomic E-state index is 0.0217. The lowest BCUT2D eigenvalue weighted by Gasteiger charge is -2.46.